The molecule has 1 heterocycles. The van der Waals surface area contributed by atoms with Gasteiger partial charge in [-0.25, -0.2) is 9.79 Å². The Bertz CT molecular complexity index is 1350. The predicted molar refractivity (Wildman–Crippen MR) is 153 cm³/mol. The number of hydrogen-bond donors (Lipinski definition) is 2. The fourth-order valence-electron chi connectivity index (χ4n) is 4.35. The first-order valence-corrected chi connectivity index (χ1v) is 13.9. The molecular formula is C28H28BrClN2O4S. The third-order valence-electron chi connectivity index (χ3n) is 6.44. The zero-order chi connectivity index (χ0) is 26.7. The number of ether oxygens (including phenoxy) is 1. The van der Waals surface area contributed by atoms with Crippen molar-refractivity contribution in [3.05, 3.63) is 73.5 Å². The molecule has 2 N–H and O–H groups in total. The third kappa shape index (κ3) is 6.80. The summed E-state index contributed by atoms with van der Waals surface area (Å²) >= 11 is 11.0. The van der Waals surface area contributed by atoms with Crippen LogP contribution in [0.2, 0.25) is 5.02 Å². The van der Waals surface area contributed by atoms with Crippen molar-refractivity contribution in [1.29, 1.82) is 0 Å². The molecule has 1 aliphatic carbocycles. The Kier molecular flexibility index (Phi) is 8.41. The van der Waals surface area contributed by atoms with Gasteiger partial charge in [0.2, 0.25) is 0 Å². The first-order valence-electron chi connectivity index (χ1n) is 11.9. The van der Waals surface area contributed by atoms with Gasteiger partial charge in [-0.3, -0.25) is 4.79 Å². The van der Waals surface area contributed by atoms with Gasteiger partial charge in [0.05, 0.1) is 10.0 Å². The Morgan fingerprint density at radius 3 is 2.62 bits per heavy atom. The standard InChI is InChI=1S/C28H28BrClN2O4S/c1-28(2,3)17-5-10-20-23(13-17)37-27(25(20)26(35)32-19-8-6-18(30)7-9-19)31-14-16-4-11-22(21(29)12-16)36-15-24(33)34/h4,6-9,11-12,14,17H,5,10,13,15H2,1-3H3,(H,32,35)(H,33,34)/t17-/m1/s1. The van der Waals surface area contributed by atoms with E-state index in [-0.39, 0.29) is 11.3 Å². The number of thiophene rings is 1. The van der Waals surface area contributed by atoms with Gasteiger partial charge in [-0.2, -0.15) is 0 Å². The van der Waals surface area contributed by atoms with Crippen molar-refractivity contribution in [3.63, 3.8) is 0 Å². The highest BCUT2D eigenvalue weighted by Crippen LogP contribution is 2.45. The van der Waals surface area contributed by atoms with E-state index < -0.39 is 12.6 Å². The zero-order valence-electron chi connectivity index (χ0n) is 20.8. The van der Waals surface area contributed by atoms with Gasteiger partial charge in [0, 0.05) is 21.8 Å². The average Bonchev–Trinajstić information content (AvgIpc) is 3.20. The summed E-state index contributed by atoms with van der Waals surface area (Å²) in [5.41, 5.74) is 3.36. The van der Waals surface area contributed by atoms with E-state index in [4.69, 9.17) is 26.4 Å². The number of benzene rings is 2. The maximum atomic E-state index is 13.5. The SMILES string of the molecule is CC(C)(C)[C@@H]1CCc2c(sc(N=Cc3ccc(OCC(=O)O)c(Br)c3)c2C(=O)Nc2ccc(Cl)cc2)C1. The lowest BCUT2D eigenvalue weighted by atomic mass is 9.72. The molecule has 1 atom stereocenters. The van der Waals surface area contributed by atoms with Crippen LogP contribution in [0, 0.1) is 11.3 Å². The highest BCUT2D eigenvalue weighted by atomic mass is 79.9. The van der Waals surface area contributed by atoms with Crippen LogP contribution >= 0.6 is 38.9 Å². The molecule has 6 nitrogen and oxygen atoms in total. The van der Waals surface area contributed by atoms with Gasteiger partial charge < -0.3 is 15.2 Å². The number of carbonyl (C=O) groups is 2. The molecule has 0 saturated carbocycles. The molecule has 2 aromatic carbocycles. The summed E-state index contributed by atoms with van der Waals surface area (Å²) in [6.07, 6.45) is 4.51. The van der Waals surface area contributed by atoms with E-state index in [1.165, 1.54) is 4.88 Å². The van der Waals surface area contributed by atoms with Gasteiger partial charge in [0.1, 0.15) is 10.8 Å². The fourth-order valence-corrected chi connectivity index (χ4v) is 6.26. The Morgan fingerprint density at radius 1 is 1.24 bits per heavy atom. The smallest absolute Gasteiger partial charge is 0.341 e. The molecule has 9 heteroatoms. The predicted octanol–water partition coefficient (Wildman–Crippen LogP) is 7.78. The molecule has 1 aliphatic rings. The van der Waals surface area contributed by atoms with Crippen molar-refractivity contribution in [1.82, 2.24) is 0 Å². The number of carboxylic acid groups (broad SMARTS) is 1. The van der Waals surface area contributed by atoms with E-state index in [1.54, 1.807) is 60.0 Å². The number of aliphatic carboxylic acids is 1. The lowest BCUT2D eigenvalue weighted by Gasteiger charge is -2.33. The summed E-state index contributed by atoms with van der Waals surface area (Å²) in [7, 11) is 0. The lowest BCUT2D eigenvalue weighted by Crippen LogP contribution is -2.27. The Hall–Kier alpha value is -2.68. The zero-order valence-corrected chi connectivity index (χ0v) is 24.0. The molecule has 0 spiro atoms. The maximum Gasteiger partial charge on any atom is 0.341 e. The molecule has 1 aromatic heterocycles. The summed E-state index contributed by atoms with van der Waals surface area (Å²) < 4.78 is 5.90. The van der Waals surface area contributed by atoms with Crippen LogP contribution in [0.25, 0.3) is 0 Å². The van der Waals surface area contributed by atoms with Crippen molar-refractivity contribution in [2.45, 2.75) is 40.0 Å². The summed E-state index contributed by atoms with van der Waals surface area (Å²) in [5, 5.41) is 13.1. The van der Waals surface area contributed by atoms with Crippen molar-refractivity contribution in [2.75, 3.05) is 11.9 Å². The van der Waals surface area contributed by atoms with Gasteiger partial charge in [-0.1, -0.05) is 32.4 Å². The van der Waals surface area contributed by atoms with E-state index in [9.17, 15) is 9.59 Å². The minimum Gasteiger partial charge on any atom is -0.481 e. The quantitative estimate of drug-likeness (QED) is 0.270. The fraction of sp³-hybridized carbons (Fsp3) is 0.321. The summed E-state index contributed by atoms with van der Waals surface area (Å²) in [4.78, 5) is 30.2. The van der Waals surface area contributed by atoms with Gasteiger partial charge in [0.15, 0.2) is 6.61 Å². The summed E-state index contributed by atoms with van der Waals surface area (Å²) in [6.45, 7) is 6.38. The number of carbonyl (C=O) groups excluding carboxylic acids is 1. The number of halogens is 2. The number of nitrogens with zero attached hydrogens (tertiary/aromatic N) is 1. The highest BCUT2D eigenvalue weighted by molar-refractivity contribution is 9.10. The van der Waals surface area contributed by atoms with Crippen LogP contribution in [0.4, 0.5) is 10.7 Å². The minimum absolute atomic E-state index is 0.181. The molecule has 0 bridgehead atoms. The highest BCUT2D eigenvalue weighted by Gasteiger charge is 2.33. The molecular weight excluding hydrogens is 576 g/mol. The second kappa shape index (κ2) is 11.4. The average molecular weight is 604 g/mol. The van der Waals surface area contributed by atoms with Crippen molar-refractivity contribution in [2.24, 2.45) is 16.3 Å². The summed E-state index contributed by atoms with van der Waals surface area (Å²) in [5.74, 6) is -0.253. The molecule has 0 fully saturated rings. The number of hydrogen-bond acceptors (Lipinski definition) is 5. The van der Waals surface area contributed by atoms with Crippen LogP contribution in [0.1, 0.15) is 53.6 Å². The van der Waals surface area contributed by atoms with E-state index in [2.05, 4.69) is 42.0 Å². The molecule has 0 aliphatic heterocycles. The number of rotatable bonds is 7. The van der Waals surface area contributed by atoms with E-state index in [1.807, 2.05) is 0 Å². The van der Waals surface area contributed by atoms with Gasteiger partial charge in [0.25, 0.3) is 5.91 Å². The molecule has 0 saturated heterocycles. The van der Waals surface area contributed by atoms with Crippen LogP contribution in [-0.4, -0.2) is 29.8 Å². The van der Waals surface area contributed by atoms with Gasteiger partial charge >= 0.3 is 5.97 Å². The number of aliphatic imine (C=N–C) groups is 1. The Balaban J connectivity index is 1.65. The van der Waals surface area contributed by atoms with E-state index in [0.717, 1.165) is 30.4 Å². The molecule has 3 aromatic rings. The number of nitrogens with one attached hydrogen (secondary N) is 1. The van der Waals surface area contributed by atoms with Crippen LogP contribution in [0.15, 0.2) is 51.9 Å². The first kappa shape index (κ1) is 27.4. The van der Waals surface area contributed by atoms with Crippen LogP contribution in [0.5, 0.6) is 5.75 Å². The molecule has 37 heavy (non-hydrogen) atoms. The molecule has 0 unspecified atom stereocenters. The van der Waals surface area contributed by atoms with Crippen LogP contribution < -0.4 is 10.1 Å². The van der Waals surface area contributed by atoms with E-state index >= 15 is 0 Å². The van der Waals surface area contributed by atoms with Gasteiger partial charge in [-0.15, -0.1) is 11.3 Å². The third-order valence-corrected chi connectivity index (χ3v) is 8.47. The monoisotopic (exact) mass is 602 g/mol. The van der Waals surface area contributed by atoms with Crippen LogP contribution in [-0.2, 0) is 17.6 Å². The van der Waals surface area contributed by atoms with Crippen molar-refractivity contribution in [3.8, 4) is 5.75 Å². The van der Waals surface area contributed by atoms with Crippen molar-refractivity contribution >= 4 is 67.6 Å². The molecule has 1 amide bonds. The second-order valence-corrected chi connectivity index (χ2v) is 12.5. The normalized spacial score (nSPS) is 15.4. The van der Waals surface area contributed by atoms with E-state index in [0.29, 0.717) is 37.4 Å². The molecule has 0 radical (unpaired) electrons. The number of amides is 1. The first-order chi connectivity index (χ1) is 17.5. The Labute approximate surface area is 233 Å². The topological polar surface area (TPSA) is 88.0 Å². The number of anilines is 1. The number of carboxylic acids is 1. The van der Waals surface area contributed by atoms with Gasteiger partial charge in [-0.05, 0) is 100 Å². The number of fused-ring (bicyclic) bond motifs is 1. The van der Waals surface area contributed by atoms with Crippen LogP contribution in [0.3, 0.4) is 0 Å². The maximum absolute atomic E-state index is 13.5. The minimum atomic E-state index is -1.04. The molecule has 194 valence electrons. The summed E-state index contributed by atoms with van der Waals surface area (Å²) in [6, 6.07) is 12.3. The van der Waals surface area contributed by atoms with Crippen molar-refractivity contribution < 1.29 is 19.4 Å². The Morgan fingerprint density at radius 2 is 1.97 bits per heavy atom. The molecule has 4 rings (SSSR count). The lowest BCUT2D eigenvalue weighted by molar-refractivity contribution is -0.139. The second-order valence-electron chi connectivity index (χ2n) is 10.1. The largest absolute Gasteiger partial charge is 0.481 e.